The summed E-state index contributed by atoms with van der Waals surface area (Å²) in [5.74, 6) is 1.80. The van der Waals surface area contributed by atoms with Crippen LogP contribution in [0, 0.1) is 0 Å². The Morgan fingerprint density at radius 2 is 1.70 bits per heavy atom. The maximum atomic E-state index is 12.7. The maximum Gasteiger partial charge on any atom is 0.255 e. The van der Waals surface area contributed by atoms with Gasteiger partial charge in [-0.15, -0.1) is 0 Å². The molecule has 6 heteroatoms. The molecule has 3 aromatic carbocycles. The molecule has 30 heavy (non-hydrogen) atoms. The SMILES string of the molecule is COc1ccc(NC(=O)c2ccc(Oc3ccccc3)cc2)cc1N1CCCC1=O. The molecule has 1 heterocycles. The van der Waals surface area contributed by atoms with E-state index in [-0.39, 0.29) is 11.8 Å². The van der Waals surface area contributed by atoms with E-state index in [1.54, 1.807) is 54.5 Å². The molecule has 0 aromatic heterocycles. The third-order valence-corrected chi connectivity index (χ3v) is 4.90. The van der Waals surface area contributed by atoms with Crippen LogP contribution in [-0.4, -0.2) is 25.5 Å². The molecule has 0 radical (unpaired) electrons. The summed E-state index contributed by atoms with van der Waals surface area (Å²) in [6.45, 7) is 0.648. The molecule has 1 aliphatic heterocycles. The Labute approximate surface area is 175 Å². The molecular formula is C24H22N2O4. The van der Waals surface area contributed by atoms with E-state index in [1.807, 2.05) is 30.3 Å². The predicted octanol–water partition coefficient (Wildman–Crippen LogP) is 4.87. The van der Waals surface area contributed by atoms with E-state index in [4.69, 9.17) is 9.47 Å². The summed E-state index contributed by atoms with van der Waals surface area (Å²) in [4.78, 5) is 26.5. The standard InChI is InChI=1S/C24H22N2O4/c1-29-22-14-11-18(16-21(22)26-15-5-8-23(26)27)25-24(28)17-9-12-20(13-10-17)30-19-6-3-2-4-7-19/h2-4,6-7,9-14,16H,5,8,15H2,1H3,(H,25,28). The molecular weight excluding hydrogens is 380 g/mol. The summed E-state index contributed by atoms with van der Waals surface area (Å²) >= 11 is 0. The van der Waals surface area contributed by atoms with Crippen molar-refractivity contribution in [2.75, 3.05) is 23.9 Å². The summed E-state index contributed by atoms with van der Waals surface area (Å²) in [5.41, 5.74) is 1.77. The Bertz CT molecular complexity index is 1050. The first-order valence-corrected chi connectivity index (χ1v) is 9.77. The van der Waals surface area contributed by atoms with Crippen LogP contribution in [0.15, 0.2) is 72.8 Å². The summed E-state index contributed by atoms with van der Waals surface area (Å²) in [6, 6.07) is 21.7. The lowest BCUT2D eigenvalue weighted by atomic mass is 10.2. The monoisotopic (exact) mass is 402 g/mol. The Balaban J connectivity index is 1.47. The fourth-order valence-electron chi connectivity index (χ4n) is 3.38. The van der Waals surface area contributed by atoms with E-state index >= 15 is 0 Å². The first-order chi connectivity index (χ1) is 14.6. The van der Waals surface area contributed by atoms with Gasteiger partial charge in [-0.25, -0.2) is 0 Å². The summed E-state index contributed by atoms with van der Waals surface area (Å²) < 4.78 is 11.1. The molecule has 0 bridgehead atoms. The molecule has 1 N–H and O–H groups in total. The average Bonchev–Trinajstić information content (AvgIpc) is 3.20. The van der Waals surface area contributed by atoms with Gasteiger partial charge in [0.2, 0.25) is 5.91 Å². The van der Waals surface area contributed by atoms with Crippen molar-refractivity contribution in [2.24, 2.45) is 0 Å². The van der Waals surface area contributed by atoms with E-state index in [2.05, 4.69) is 5.32 Å². The number of rotatable bonds is 6. The highest BCUT2D eigenvalue weighted by Gasteiger charge is 2.25. The molecule has 2 amide bonds. The van der Waals surface area contributed by atoms with E-state index < -0.39 is 0 Å². The molecule has 0 saturated carbocycles. The first kappa shape index (κ1) is 19.5. The molecule has 1 saturated heterocycles. The minimum Gasteiger partial charge on any atom is -0.495 e. The second-order valence-corrected chi connectivity index (χ2v) is 6.93. The number of para-hydroxylation sites is 1. The Morgan fingerprint density at radius 1 is 0.967 bits per heavy atom. The summed E-state index contributed by atoms with van der Waals surface area (Å²) in [5, 5.41) is 2.88. The Hall–Kier alpha value is -3.80. The van der Waals surface area contributed by atoms with Crippen LogP contribution in [0.5, 0.6) is 17.2 Å². The summed E-state index contributed by atoms with van der Waals surface area (Å²) in [7, 11) is 1.57. The molecule has 0 unspecified atom stereocenters. The first-order valence-electron chi connectivity index (χ1n) is 9.77. The normalized spacial score (nSPS) is 13.2. The average molecular weight is 402 g/mol. The zero-order valence-corrected chi connectivity index (χ0v) is 16.6. The number of nitrogens with one attached hydrogen (secondary N) is 1. The highest BCUT2D eigenvalue weighted by molar-refractivity contribution is 6.05. The van der Waals surface area contributed by atoms with Gasteiger partial charge in [0.25, 0.3) is 5.91 Å². The number of carbonyl (C=O) groups is 2. The van der Waals surface area contributed by atoms with Crippen LogP contribution < -0.4 is 19.7 Å². The number of benzene rings is 3. The third-order valence-electron chi connectivity index (χ3n) is 4.90. The molecule has 0 aliphatic carbocycles. The molecule has 152 valence electrons. The van der Waals surface area contributed by atoms with Crippen molar-refractivity contribution in [1.29, 1.82) is 0 Å². The number of carbonyl (C=O) groups excluding carboxylic acids is 2. The van der Waals surface area contributed by atoms with E-state index in [1.165, 1.54) is 0 Å². The second kappa shape index (κ2) is 8.69. The van der Waals surface area contributed by atoms with Gasteiger partial charge in [0.05, 0.1) is 12.8 Å². The van der Waals surface area contributed by atoms with Crippen LogP contribution in [0.1, 0.15) is 23.2 Å². The van der Waals surface area contributed by atoms with Crippen molar-refractivity contribution in [3.63, 3.8) is 0 Å². The lowest BCUT2D eigenvalue weighted by molar-refractivity contribution is -0.117. The fraction of sp³-hybridized carbons (Fsp3) is 0.167. The van der Waals surface area contributed by atoms with Gasteiger partial charge >= 0.3 is 0 Å². The lowest BCUT2D eigenvalue weighted by Gasteiger charge is -2.20. The molecule has 4 rings (SSSR count). The van der Waals surface area contributed by atoms with Gasteiger partial charge in [0.1, 0.15) is 17.2 Å². The van der Waals surface area contributed by atoms with Gasteiger partial charge in [-0.2, -0.15) is 0 Å². The van der Waals surface area contributed by atoms with Crippen molar-refractivity contribution in [2.45, 2.75) is 12.8 Å². The number of amides is 2. The van der Waals surface area contributed by atoms with Crippen LogP contribution >= 0.6 is 0 Å². The van der Waals surface area contributed by atoms with Crippen molar-refractivity contribution >= 4 is 23.2 Å². The molecule has 3 aromatic rings. The minimum atomic E-state index is -0.245. The van der Waals surface area contributed by atoms with E-state index in [0.717, 1.165) is 12.2 Å². The van der Waals surface area contributed by atoms with Gasteiger partial charge in [-0.05, 0) is 61.0 Å². The zero-order valence-electron chi connectivity index (χ0n) is 16.6. The molecule has 1 aliphatic rings. The number of ether oxygens (including phenoxy) is 2. The van der Waals surface area contributed by atoms with Crippen LogP contribution in [0.3, 0.4) is 0 Å². The Kier molecular flexibility index (Phi) is 5.66. The lowest BCUT2D eigenvalue weighted by Crippen LogP contribution is -2.24. The number of hydrogen-bond acceptors (Lipinski definition) is 4. The highest BCUT2D eigenvalue weighted by atomic mass is 16.5. The second-order valence-electron chi connectivity index (χ2n) is 6.93. The molecule has 6 nitrogen and oxygen atoms in total. The molecule has 0 spiro atoms. The van der Waals surface area contributed by atoms with Gasteiger partial charge < -0.3 is 19.7 Å². The fourth-order valence-corrected chi connectivity index (χ4v) is 3.38. The third kappa shape index (κ3) is 4.27. The summed E-state index contributed by atoms with van der Waals surface area (Å²) in [6.07, 6.45) is 1.34. The van der Waals surface area contributed by atoms with Crippen molar-refractivity contribution in [1.82, 2.24) is 0 Å². The number of anilines is 2. The molecule has 1 fully saturated rings. The van der Waals surface area contributed by atoms with Crippen LogP contribution in [-0.2, 0) is 4.79 Å². The maximum absolute atomic E-state index is 12.7. The van der Waals surface area contributed by atoms with Crippen LogP contribution in [0.2, 0.25) is 0 Å². The van der Waals surface area contributed by atoms with E-state index in [0.29, 0.717) is 41.4 Å². The number of nitrogens with zero attached hydrogens (tertiary/aromatic N) is 1. The van der Waals surface area contributed by atoms with Gasteiger partial charge in [0, 0.05) is 24.2 Å². The largest absolute Gasteiger partial charge is 0.495 e. The molecule has 0 atom stereocenters. The van der Waals surface area contributed by atoms with Gasteiger partial charge in [-0.1, -0.05) is 18.2 Å². The zero-order chi connectivity index (χ0) is 20.9. The van der Waals surface area contributed by atoms with Crippen molar-refractivity contribution < 1.29 is 19.1 Å². The minimum absolute atomic E-state index is 0.0609. The van der Waals surface area contributed by atoms with Gasteiger partial charge in [-0.3, -0.25) is 9.59 Å². The quantitative estimate of drug-likeness (QED) is 0.639. The van der Waals surface area contributed by atoms with E-state index in [9.17, 15) is 9.59 Å². The topological polar surface area (TPSA) is 67.9 Å². The van der Waals surface area contributed by atoms with Crippen molar-refractivity contribution in [3.8, 4) is 17.2 Å². The van der Waals surface area contributed by atoms with Crippen molar-refractivity contribution in [3.05, 3.63) is 78.4 Å². The van der Waals surface area contributed by atoms with Crippen LogP contribution in [0.25, 0.3) is 0 Å². The smallest absolute Gasteiger partial charge is 0.255 e. The predicted molar refractivity (Wildman–Crippen MR) is 115 cm³/mol. The van der Waals surface area contributed by atoms with Gasteiger partial charge in [0.15, 0.2) is 0 Å². The number of hydrogen-bond donors (Lipinski definition) is 1. The van der Waals surface area contributed by atoms with Crippen LogP contribution in [0.4, 0.5) is 11.4 Å². The number of methoxy groups -OCH3 is 1. The highest BCUT2D eigenvalue weighted by Crippen LogP contribution is 2.34. The Morgan fingerprint density at radius 3 is 2.37 bits per heavy atom.